The minimum absolute atomic E-state index is 0.155. The summed E-state index contributed by atoms with van der Waals surface area (Å²) in [7, 11) is 1.39. The van der Waals surface area contributed by atoms with Crippen LogP contribution in [0.3, 0.4) is 0 Å². The molecule has 1 saturated carbocycles. The van der Waals surface area contributed by atoms with E-state index in [1.807, 2.05) is 4.90 Å². The quantitative estimate of drug-likeness (QED) is 0.791. The van der Waals surface area contributed by atoms with Crippen LogP contribution in [-0.4, -0.2) is 42.5 Å². The third-order valence-electron chi connectivity index (χ3n) is 3.85. The van der Waals surface area contributed by atoms with Crippen LogP contribution in [0.4, 0.5) is 10.8 Å². The fourth-order valence-corrected chi connectivity index (χ4v) is 3.36. The predicted octanol–water partition coefficient (Wildman–Crippen LogP) is 0.617. The van der Waals surface area contributed by atoms with E-state index in [0.29, 0.717) is 25.1 Å². The van der Waals surface area contributed by atoms with Crippen LogP contribution < -0.4 is 16.0 Å². The summed E-state index contributed by atoms with van der Waals surface area (Å²) in [6.45, 7) is 1.24. The number of aromatic nitrogens is 1. The van der Waals surface area contributed by atoms with Crippen LogP contribution in [0.5, 0.6) is 0 Å². The van der Waals surface area contributed by atoms with Gasteiger partial charge in [-0.1, -0.05) is 0 Å². The molecule has 1 atom stereocenters. The first-order chi connectivity index (χ1) is 10.1. The second kappa shape index (κ2) is 5.51. The molecule has 0 spiro atoms. The number of esters is 1. The smallest absolute Gasteiger partial charge is 0.310 e. The zero-order valence-corrected chi connectivity index (χ0v) is 12.6. The van der Waals surface area contributed by atoms with E-state index in [2.05, 4.69) is 9.69 Å². The first kappa shape index (κ1) is 14.1. The maximum absolute atomic E-state index is 12.3. The molecule has 3 rings (SSSR count). The van der Waals surface area contributed by atoms with Gasteiger partial charge >= 0.3 is 5.97 Å². The summed E-state index contributed by atoms with van der Waals surface area (Å²) in [6, 6.07) is 0.269. The molecule has 1 aliphatic carbocycles. The van der Waals surface area contributed by atoms with Gasteiger partial charge in [-0.15, -0.1) is 0 Å². The van der Waals surface area contributed by atoms with Gasteiger partial charge in [-0.3, -0.25) is 9.59 Å². The molecule has 21 heavy (non-hydrogen) atoms. The molecule has 1 saturated heterocycles. The molecule has 114 valence electrons. The number of nitrogens with two attached hydrogens (primary N) is 1. The van der Waals surface area contributed by atoms with Crippen molar-refractivity contribution in [2.24, 2.45) is 5.92 Å². The molecule has 0 bridgehead atoms. The predicted molar refractivity (Wildman–Crippen MR) is 79.4 cm³/mol. The van der Waals surface area contributed by atoms with E-state index < -0.39 is 0 Å². The number of carbonyl (C=O) groups is 2. The third kappa shape index (κ3) is 2.80. The van der Waals surface area contributed by atoms with Gasteiger partial charge in [0.25, 0.3) is 5.91 Å². The maximum atomic E-state index is 12.3. The summed E-state index contributed by atoms with van der Waals surface area (Å²) in [6.07, 6.45) is 2.76. The van der Waals surface area contributed by atoms with Gasteiger partial charge in [0.05, 0.1) is 13.0 Å². The lowest BCUT2D eigenvalue weighted by molar-refractivity contribution is -0.144. The first-order valence-electron chi connectivity index (χ1n) is 6.99. The second-order valence-electron chi connectivity index (χ2n) is 5.45. The molecular weight excluding hydrogens is 292 g/mol. The molecule has 1 unspecified atom stereocenters. The van der Waals surface area contributed by atoms with Crippen LogP contribution in [0.25, 0.3) is 0 Å². The third-order valence-corrected chi connectivity index (χ3v) is 4.77. The Bertz CT molecular complexity index is 570. The zero-order chi connectivity index (χ0) is 15.0. The van der Waals surface area contributed by atoms with Crippen molar-refractivity contribution in [1.29, 1.82) is 0 Å². The van der Waals surface area contributed by atoms with Crippen molar-refractivity contribution in [3.05, 3.63) is 5.56 Å². The molecule has 2 aliphatic rings. The van der Waals surface area contributed by atoms with E-state index in [0.717, 1.165) is 17.8 Å². The van der Waals surface area contributed by atoms with Crippen molar-refractivity contribution >= 4 is 34.2 Å². The normalized spacial score (nSPS) is 21.4. The minimum Gasteiger partial charge on any atom is -0.469 e. The molecule has 1 aromatic rings. The number of nitrogen functional groups attached to an aromatic ring is 1. The van der Waals surface area contributed by atoms with E-state index in [-0.39, 0.29) is 29.7 Å². The van der Waals surface area contributed by atoms with Crippen molar-refractivity contribution < 1.29 is 14.3 Å². The molecule has 0 aromatic carbocycles. The van der Waals surface area contributed by atoms with Gasteiger partial charge in [0.15, 0.2) is 5.82 Å². The zero-order valence-electron chi connectivity index (χ0n) is 11.8. The fraction of sp³-hybridized carbons (Fsp3) is 0.615. The summed E-state index contributed by atoms with van der Waals surface area (Å²) >= 11 is 1.21. The van der Waals surface area contributed by atoms with E-state index >= 15 is 0 Å². The number of anilines is 2. The SMILES string of the molecule is COC(=O)C1CCN(c2snc(N)c2C(=O)NC2CC2)C1. The molecule has 1 aliphatic heterocycles. The minimum atomic E-state index is -0.209. The Morgan fingerprint density at radius 3 is 2.86 bits per heavy atom. The number of methoxy groups -OCH3 is 1. The van der Waals surface area contributed by atoms with E-state index in [1.54, 1.807) is 0 Å². The topological polar surface area (TPSA) is 97.6 Å². The average Bonchev–Trinajstić information content (AvgIpc) is 3.01. The largest absolute Gasteiger partial charge is 0.469 e. The van der Waals surface area contributed by atoms with Crippen molar-refractivity contribution in [1.82, 2.24) is 9.69 Å². The van der Waals surface area contributed by atoms with Crippen LogP contribution in [0, 0.1) is 5.92 Å². The van der Waals surface area contributed by atoms with Crippen molar-refractivity contribution in [3.63, 3.8) is 0 Å². The highest BCUT2D eigenvalue weighted by Gasteiger charge is 2.34. The first-order valence-corrected chi connectivity index (χ1v) is 7.76. The Morgan fingerprint density at radius 2 is 2.19 bits per heavy atom. The standard InChI is InChI=1S/C13H18N4O3S/c1-20-13(19)7-4-5-17(6-7)12-9(10(14)16-21-12)11(18)15-8-2-3-8/h7-8H,2-6H2,1H3,(H2,14,16)(H,15,18). The van der Waals surface area contributed by atoms with Gasteiger partial charge < -0.3 is 20.7 Å². The van der Waals surface area contributed by atoms with Crippen molar-refractivity contribution in [3.8, 4) is 0 Å². The monoisotopic (exact) mass is 310 g/mol. The number of rotatable bonds is 4. The second-order valence-corrected chi connectivity index (χ2v) is 6.20. The summed E-state index contributed by atoms with van der Waals surface area (Å²) in [5.74, 6) is -0.272. The average molecular weight is 310 g/mol. The highest BCUT2D eigenvalue weighted by molar-refractivity contribution is 7.11. The van der Waals surface area contributed by atoms with Gasteiger partial charge in [0, 0.05) is 19.1 Å². The molecule has 2 fully saturated rings. The van der Waals surface area contributed by atoms with E-state index in [4.69, 9.17) is 10.5 Å². The molecule has 8 heteroatoms. The molecule has 1 amide bonds. The van der Waals surface area contributed by atoms with Crippen LogP contribution in [0.2, 0.25) is 0 Å². The molecule has 0 radical (unpaired) electrons. The van der Waals surface area contributed by atoms with Gasteiger partial charge in [0.1, 0.15) is 10.6 Å². The number of ether oxygens (including phenoxy) is 1. The Balaban J connectivity index is 1.76. The lowest BCUT2D eigenvalue weighted by Gasteiger charge is -2.17. The number of carbonyl (C=O) groups excluding carboxylic acids is 2. The van der Waals surface area contributed by atoms with Gasteiger partial charge in [0.2, 0.25) is 0 Å². The van der Waals surface area contributed by atoms with Crippen LogP contribution in [0.1, 0.15) is 29.6 Å². The van der Waals surface area contributed by atoms with Gasteiger partial charge in [-0.05, 0) is 30.8 Å². The summed E-state index contributed by atoms with van der Waals surface area (Å²) in [5.41, 5.74) is 6.29. The Labute approximate surface area is 126 Å². The highest BCUT2D eigenvalue weighted by Crippen LogP contribution is 2.35. The maximum Gasteiger partial charge on any atom is 0.310 e. The Kier molecular flexibility index (Phi) is 3.71. The molecule has 1 aromatic heterocycles. The Hall–Kier alpha value is -1.83. The van der Waals surface area contributed by atoms with Crippen LogP contribution >= 0.6 is 11.5 Å². The van der Waals surface area contributed by atoms with Gasteiger partial charge in [-0.2, -0.15) is 4.37 Å². The van der Waals surface area contributed by atoms with E-state index in [9.17, 15) is 9.59 Å². The lowest BCUT2D eigenvalue weighted by Crippen LogP contribution is -2.29. The van der Waals surface area contributed by atoms with Crippen LogP contribution in [-0.2, 0) is 9.53 Å². The molecular formula is C13H18N4O3S. The Morgan fingerprint density at radius 1 is 1.43 bits per heavy atom. The number of amides is 1. The molecule has 3 N–H and O–H groups in total. The highest BCUT2D eigenvalue weighted by atomic mass is 32.1. The lowest BCUT2D eigenvalue weighted by atomic mass is 10.1. The summed E-state index contributed by atoms with van der Waals surface area (Å²) < 4.78 is 8.88. The number of hydrogen-bond acceptors (Lipinski definition) is 7. The van der Waals surface area contributed by atoms with Crippen LogP contribution in [0.15, 0.2) is 0 Å². The molecule has 2 heterocycles. The van der Waals surface area contributed by atoms with Crippen molar-refractivity contribution in [2.45, 2.75) is 25.3 Å². The number of nitrogens with one attached hydrogen (secondary N) is 1. The van der Waals surface area contributed by atoms with Gasteiger partial charge in [-0.25, -0.2) is 0 Å². The van der Waals surface area contributed by atoms with E-state index in [1.165, 1.54) is 18.6 Å². The molecule has 7 nitrogen and oxygen atoms in total. The van der Waals surface area contributed by atoms with Crippen molar-refractivity contribution in [2.75, 3.05) is 30.8 Å². The summed E-state index contributed by atoms with van der Waals surface area (Å²) in [4.78, 5) is 25.9. The number of nitrogens with zero attached hydrogens (tertiary/aromatic N) is 2. The number of hydrogen-bond donors (Lipinski definition) is 2. The fourth-order valence-electron chi connectivity index (χ4n) is 2.51. The summed E-state index contributed by atoms with van der Waals surface area (Å²) in [5, 5.41) is 3.68.